The van der Waals surface area contributed by atoms with E-state index in [-0.39, 0.29) is 0 Å². The van der Waals surface area contributed by atoms with E-state index in [9.17, 15) is 18.0 Å². The van der Waals surface area contributed by atoms with Crippen molar-refractivity contribution in [3.05, 3.63) is 69.8 Å². The lowest BCUT2D eigenvalue weighted by Gasteiger charge is -2.07. The first-order chi connectivity index (χ1) is 8.97. The molecule has 1 aromatic carbocycles. The van der Waals surface area contributed by atoms with Gasteiger partial charge in [-0.3, -0.25) is 0 Å². The Morgan fingerprint density at radius 1 is 1.00 bits per heavy atom. The first-order valence-corrected chi connectivity index (χ1v) is 5.69. The summed E-state index contributed by atoms with van der Waals surface area (Å²) in [5, 5.41) is 0. The van der Waals surface area contributed by atoms with Crippen molar-refractivity contribution in [3.8, 4) is 0 Å². The molecule has 0 amide bonds. The van der Waals surface area contributed by atoms with Gasteiger partial charge in [0.05, 0.1) is 11.8 Å². The van der Waals surface area contributed by atoms with Gasteiger partial charge in [0.25, 0.3) is 0 Å². The van der Waals surface area contributed by atoms with Gasteiger partial charge in [-0.15, -0.1) is 0 Å². The lowest BCUT2D eigenvalue weighted by Crippen LogP contribution is -2.08. The first kappa shape index (κ1) is 13.4. The standard InChI is InChI=1S/C14H11F3O2/c15-14(16,17)12-7-4-10(5-8-12)3-6-11-2-1-9-19-13(11)18/h1-2,4-5,7-9H,3,6H2. The predicted molar refractivity (Wildman–Crippen MR) is 63.8 cm³/mol. The zero-order chi connectivity index (χ0) is 13.9. The summed E-state index contributed by atoms with van der Waals surface area (Å²) in [6.45, 7) is 0. The molecule has 0 spiro atoms. The Morgan fingerprint density at radius 3 is 2.26 bits per heavy atom. The Hall–Kier alpha value is -2.04. The van der Waals surface area contributed by atoms with Crippen molar-refractivity contribution in [1.82, 2.24) is 0 Å². The number of aryl methyl sites for hydroxylation is 2. The fourth-order valence-corrected chi connectivity index (χ4v) is 1.73. The van der Waals surface area contributed by atoms with Crippen LogP contribution in [0.25, 0.3) is 0 Å². The molecule has 0 N–H and O–H groups in total. The van der Waals surface area contributed by atoms with Crippen LogP contribution in [0.1, 0.15) is 16.7 Å². The van der Waals surface area contributed by atoms with E-state index in [1.165, 1.54) is 18.4 Å². The first-order valence-electron chi connectivity index (χ1n) is 5.69. The van der Waals surface area contributed by atoms with Gasteiger partial charge >= 0.3 is 11.8 Å². The number of alkyl halides is 3. The Kier molecular flexibility index (Phi) is 3.74. The minimum atomic E-state index is -4.32. The summed E-state index contributed by atoms with van der Waals surface area (Å²) < 4.78 is 41.8. The van der Waals surface area contributed by atoms with Crippen LogP contribution in [0.4, 0.5) is 13.2 Å². The van der Waals surface area contributed by atoms with Crippen molar-refractivity contribution in [1.29, 1.82) is 0 Å². The summed E-state index contributed by atoms with van der Waals surface area (Å²) in [4.78, 5) is 11.3. The lowest BCUT2D eigenvalue weighted by atomic mass is 10.0. The zero-order valence-electron chi connectivity index (χ0n) is 9.91. The maximum Gasteiger partial charge on any atom is 0.416 e. The van der Waals surface area contributed by atoms with Crippen LogP contribution in [0.2, 0.25) is 0 Å². The molecule has 5 heteroatoms. The molecule has 0 aliphatic rings. The Bertz CT molecular complexity index is 597. The van der Waals surface area contributed by atoms with Crippen LogP contribution in [0.5, 0.6) is 0 Å². The topological polar surface area (TPSA) is 30.2 Å². The third-order valence-corrected chi connectivity index (χ3v) is 2.78. The molecule has 0 bridgehead atoms. The lowest BCUT2D eigenvalue weighted by molar-refractivity contribution is -0.137. The third kappa shape index (κ3) is 3.47. The fraction of sp³-hybridized carbons (Fsp3) is 0.214. The van der Waals surface area contributed by atoms with Gasteiger partial charge in [-0.1, -0.05) is 12.1 Å². The van der Waals surface area contributed by atoms with Gasteiger partial charge in [-0.05, 0) is 42.7 Å². The fourth-order valence-electron chi connectivity index (χ4n) is 1.73. The Morgan fingerprint density at radius 2 is 1.68 bits per heavy atom. The van der Waals surface area contributed by atoms with E-state index in [1.807, 2.05) is 0 Å². The Labute approximate surface area is 107 Å². The SMILES string of the molecule is O=c1occcc1CCc1ccc(C(F)(F)F)cc1. The summed E-state index contributed by atoms with van der Waals surface area (Å²) in [6, 6.07) is 8.20. The number of hydrogen-bond acceptors (Lipinski definition) is 2. The molecule has 2 aromatic rings. The second-order valence-corrected chi connectivity index (χ2v) is 4.12. The van der Waals surface area contributed by atoms with Crippen molar-refractivity contribution < 1.29 is 17.6 Å². The van der Waals surface area contributed by atoms with Crippen LogP contribution in [0, 0.1) is 0 Å². The van der Waals surface area contributed by atoms with Crippen molar-refractivity contribution in [3.63, 3.8) is 0 Å². The van der Waals surface area contributed by atoms with Crippen molar-refractivity contribution >= 4 is 0 Å². The maximum absolute atomic E-state index is 12.4. The van der Waals surface area contributed by atoms with E-state index in [1.54, 1.807) is 12.1 Å². The monoisotopic (exact) mass is 268 g/mol. The van der Waals surface area contributed by atoms with Crippen molar-refractivity contribution in [2.75, 3.05) is 0 Å². The molecule has 0 aliphatic heterocycles. The van der Waals surface area contributed by atoms with Gasteiger partial charge < -0.3 is 4.42 Å². The second kappa shape index (κ2) is 5.30. The summed E-state index contributed by atoms with van der Waals surface area (Å²) in [5.41, 5.74) is 0.184. The molecule has 0 atom stereocenters. The number of hydrogen-bond donors (Lipinski definition) is 0. The summed E-state index contributed by atoms with van der Waals surface area (Å²) >= 11 is 0. The molecule has 0 radical (unpaired) electrons. The third-order valence-electron chi connectivity index (χ3n) is 2.78. The second-order valence-electron chi connectivity index (χ2n) is 4.12. The van der Waals surface area contributed by atoms with Crippen LogP contribution >= 0.6 is 0 Å². The highest BCUT2D eigenvalue weighted by molar-refractivity contribution is 5.25. The predicted octanol–water partition coefficient (Wildman–Crippen LogP) is 3.44. The van der Waals surface area contributed by atoms with Gasteiger partial charge in [0.15, 0.2) is 0 Å². The molecule has 2 rings (SSSR count). The molecule has 0 saturated heterocycles. The normalized spacial score (nSPS) is 11.5. The van der Waals surface area contributed by atoms with Gasteiger partial charge in [0.2, 0.25) is 0 Å². The minimum absolute atomic E-state index is 0.408. The highest BCUT2D eigenvalue weighted by atomic mass is 19.4. The maximum atomic E-state index is 12.4. The highest BCUT2D eigenvalue weighted by Crippen LogP contribution is 2.29. The van der Waals surface area contributed by atoms with Gasteiger partial charge in [0.1, 0.15) is 0 Å². The number of rotatable bonds is 3. The van der Waals surface area contributed by atoms with Gasteiger partial charge in [-0.2, -0.15) is 13.2 Å². The van der Waals surface area contributed by atoms with E-state index < -0.39 is 17.4 Å². The average molecular weight is 268 g/mol. The molecule has 1 aromatic heterocycles. The number of benzene rings is 1. The summed E-state index contributed by atoms with van der Waals surface area (Å²) in [6.07, 6.45) is -2.09. The molecule has 100 valence electrons. The molecule has 0 unspecified atom stereocenters. The molecule has 1 heterocycles. The Balaban J connectivity index is 2.05. The minimum Gasteiger partial charge on any atom is -0.431 e. The van der Waals surface area contributed by atoms with E-state index in [4.69, 9.17) is 4.42 Å². The summed E-state index contributed by atoms with van der Waals surface area (Å²) in [5.74, 6) is 0. The quantitative estimate of drug-likeness (QED) is 0.853. The van der Waals surface area contributed by atoms with E-state index >= 15 is 0 Å². The van der Waals surface area contributed by atoms with Crippen LogP contribution in [0.15, 0.2) is 51.9 Å². The molecule has 19 heavy (non-hydrogen) atoms. The molecule has 0 fully saturated rings. The van der Waals surface area contributed by atoms with E-state index in [0.717, 1.165) is 17.7 Å². The zero-order valence-corrected chi connectivity index (χ0v) is 9.91. The van der Waals surface area contributed by atoms with Crippen molar-refractivity contribution in [2.24, 2.45) is 0 Å². The molecular formula is C14H11F3O2. The van der Waals surface area contributed by atoms with E-state index in [2.05, 4.69) is 0 Å². The molecule has 2 nitrogen and oxygen atoms in total. The molecule has 0 saturated carbocycles. The van der Waals surface area contributed by atoms with Crippen LogP contribution in [-0.2, 0) is 19.0 Å². The highest BCUT2D eigenvalue weighted by Gasteiger charge is 2.29. The molecule has 0 aliphatic carbocycles. The smallest absolute Gasteiger partial charge is 0.416 e. The van der Waals surface area contributed by atoms with Crippen LogP contribution in [-0.4, -0.2) is 0 Å². The van der Waals surface area contributed by atoms with Gasteiger partial charge in [0, 0.05) is 5.56 Å². The largest absolute Gasteiger partial charge is 0.431 e. The van der Waals surface area contributed by atoms with Crippen LogP contribution < -0.4 is 5.63 Å². The van der Waals surface area contributed by atoms with Crippen LogP contribution in [0.3, 0.4) is 0 Å². The van der Waals surface area contributed by atoms with Crippen molar-refractivity contribution in [2.45, 2.75) is 19.0 Å². The van der Waals surface area contributed by atoms with Gasteiger partial charge in [-0.25, -0.2) is 4.79 Å². The molecular weight excluding hydrogens is 257 g/mol. The van der Waals surface area contributed by atoms with E-state index in [0.29, 0.717) is 18.4 Å². The number of halogens is 3. The average Bonchev–Trinajstić information content (AvgIpc) is 2.37. The summed E-state index contributed by atoms with van der Waals surface area (Å²) in [7, 11) is 0.